The van der Waals surface area contributed by atoms with Crippen molar-refractivity contribution in [3.63, 3.8) is 0 Å². The zero-order chi connectivity index (χ0) is 18.0. The molecule has 0 heterocycles. The van der Waals surface area contributed by atoms with Gasteiger partial charge in [0.05, 0.1) is 16.3 Å². The minimum atomic E-state index is -3.18. The lowest BCUT2D eigenvalue weighted by atomic mass is 10.3. The largest absolute Gasteiger partial charge is 0.305 e. The van der Waals surface area contributed by atoms with E-state index in [1.807, 2.05) is 30.3 Å². The molecule has 24 heavy (non-hydrogen) atoms. The molecule has 0 fully saturated rings. The Balaban J connectivity index is 0.000000272. The third kappa shape index (κ3) is 7.45. The summed E-state index contributed by atoms with van der Waals surface area (Å²) in [6.45, 7) is 0. The van der Waals surface area contributed by atoms with Gasteiger partial charge in [0, 0.05) is 20.4 Å². The van der Waals surface area contributed by atoms with Gasteiger partial charge in [-0.15, -0.1) is 10.2 Å². The number of hydrogen-bond acceptors (Lipinski definition) is 6. The first-order valence-corrected chi connectivity index (χ1v) is 8.77. The molecule has 0 aliphatic rings. The molecule has 0 aliphatic carbocycles. The first kappa shape index (κ1) is 19.2. The third-order valence-electron chi connectivity index (χ3n) is 2.51. The molecule has 0 saturated carbocycles. The highest BCUT2D eigenvalue weighted by Crippen LogP contribution is 2.18. The predicted octanol–water partition coefficient (Wildman–Crippen LogP) is 3.29. The van der Waals surface area contributed by atoms with Crippen LogP contribution in [0.2, 0.25) is 0 Å². The molecule has 0 spiro atoms. The maximum absolute atomic E-state index is 11.2. The Labute approximate surface area is 141 Å². The maximum atomic E-state index is 11.2. The van der Waals surface area contributed by atoms with Crippen LogP contribution in [0.5, 0.6) is 0 Å². The highest BCUT2D eigenvalue weighted by molar-refractivity contribution is 7.90. The Bertz CT molecular complexity index is 789. The van der Waals surface area contributed by atoms with E-state index in [9.17, 15) is 8.42 Å². The van der Waals surface area contributed by atoms with Gasteiger partial charge >= 0.3 is 0 Å². The summed E-state index contributed by atoms with van der Waals surface area (Å²) in [5.74, 6) is 4.82. The van der Waals surface area contributed by atoms with Crippen LogP contribution in [0, 0.1) is 0 Å². The van der Waals surface area contributed by atoms with Gasteiger partial charge in [0.2, 0.25) is 0 Å². The smallest absolute Gasteiger partial charge is 0.175 e. The van der Waals surface area contributed by atoms with Crippen LogP contribution in [0.15, 0.2) is 80.2 Å². The van der Waals surface area contributed by atoms with E-state index in [4.69, 9.17) is 5.84 Å². The van der Waals surface area contributed by atoms with Gasteiger partial charge in [-0.25, -0.2) is 8.42 Å². The summed E-state index contributed by atoms with van der Waals surface area (Å²) in [6.07, 6.45) is 1.16. The highest BCUT2D eigenvalue weighted by Gasteiger charge is 2.06. The van der Waals surface area contributed by atoms with Crippen LogP contribution in [0.1, 0.15) is 0 Å². The fourth-order valence-electron chi connectivity index (χ4n) is 1.48. The van der Waals surface area contributed by atoms with Gasteiger partial charge in [-0.3, -0.25) is 5.01 Å². The topological polar surface area (TPSA) is 113 Å². The number of nitrogens with two attached hydrogens (primary N) is 1. The molecular weight excluding hydrogens is 328 g/mol. The molecule has 9 heteroatoms. The van der Waals surface area contributed by atoms with E-state index in [1.54, 1.807) is 26.2 Å². The maximum Gasteiger partial charge on any atom is 0.175 e. The van der Waals surface area contributed by atoms with Crippen LogP contribution in [0.25, 0.3) is 0 Å². The van der Waals surface area contributed by atoms with E-state index < -0.39 is 9.84 Å². The highest BCUT2D eigenvalue weighted by atomic mass is 32.2. The molecule has 0 aromatic heterocycles. The summed E-state index contributed by atoms with van der Waals surface area (Å²) < 4.78 is 22.5. The average Bonchev–Trinajstić information content (AvgIpc) is 2.54. The Morgan fingerprint density at radius 1 is 0.917 bits per heavy atom. The second-order valence-corrected chi connectivity index (χ2v) is 6.87. The molecule has 2 aromatic rings. The SMILES string of the molecule is CN(C)N=Nc1cccc(S(C)(=O)=O)c1.NN=Nc1ccccc1. The molecule has 8 nitrogen and oxygen atoms in total. The summed E-state index contributed by atoms with van der Waals surface area (Å²) in [6, 6.07) is 15.7. The molecule has 0 atom stereocenters. The monoisotopic (exact) mass is 348 g/mol. The van der Waals surface area contributed by atoms with Crippen LogP contribution in [-0.2, 0) is 9.84 Å². The average molecular weight is 348 g/mol. The molecule has 0 unspecified atom stereocenters. The summed E-state index contributed by atoms with van der Waals surface area (Å²) >= 11 is 0. The fraction of sp³-hybridized carbons (Fsp3) is 0.200. The molecule has 0 saturated heterocycles. The normalized spacial score (nSPS) is 11.3. The van der Waals surface area contributed by atoms with Crippen molar-refractivity contribution in [1.29, 1.82) is 0 Å². The minimum absolute atomic E-state index is 0.248. The molecule has 2 rings (SSSR count). The lowest BCUT2D eigenvalue weighted by Crippen LogP contribution is -1.99. The Kier molecular flexibility index (Phi) is 7.50. The number of sulfone groups is 1. The summed E-state index contributed by atoms with van der Waals surface area (Å²) in [5.41, 5.74) is 1.30. The lowest BCUT2D eigenvalue weighted by Gasteiger charge is -2.01. The van der Waals surface area contributed by atoms with Gasteiger partial charge in [0.25, 0.3) is 0 Å². The van der Waals surface area contributed by atoms with Crippen molar-refractivity contribution >= 4 is 21.2 Å². The van der Waals surface area contributed by atoms with E-state index in [0.29, 0.717) is 5.69 Å². The van der Waals surface area contributed by atoms with Crippen LogP contribution >= 0.6 is 0 Å². The van der Waals surface area contributed by atoms with Crippen molar-refractivity contribution in [3.8, 4) is 0 Å². The Morgan fingerprint density at radius 2 is 1.54 bits per heavy atom. The predicted molar refractivity (Wildman–Crippen MR) is 92.9 cm³/mol. The van der Waals surface area contributed by atoms with Gasteiger partial charge in [0.1, 0.15) is 0 Å². The quantitative estimate of drug-likeness (QED) is 0.519. The van der Waals surface area contributed by atoms with Crippen molar-refractivity contribution < 1.29 is 8.42 Å². The molecule has 0 aliphatic heterocycles. The van der Waals surface area contributed by atoms with Gasteiger partial charge in [0.15, 0.2) is 9.84 Å². The van der Waals surface area contributed by atoms with E-state index in [2.05, 4.69) is 20.7 Å². The van der Waals surface area contributed by atoms with Crippen molar-refractivity contribution in [2.75, 3.05) is 20.4 Å². The standard InChI is InChI=1S/C9H13N3O2S.C6H7N3/c1-12(2)11-10-8-5-4-6-9(7-8)15(3,13)14;7-9-8-6-4-2-1-3-5-6/h4-7H,1-3H3;1-5H,(H2,7,8). The van der Waals surface area contributed by atoms with E-state index >= 15 is 0 Å². The van der Waals surface area contributed by atoms with Gasteiger partial charge in [-0.05, 0) is 30.3 Å². The molecule has 2 aromatic carbocycles. The second-order valence-electron chi connectivity index (χ2n) is 4.86. The lowest BCUT2D eigenvalue weighted by molar-refractivity contribution is 0.408. The van der Waals surface area contributed by atoms with Crippen molar-refractivity contribution in [3.05, 3.63) is 54.6 Å². The third-order valence-corrected chi connectivity index (χ3v) is 3.62. The Hall–Kier alpha value is -2.81. The van der Waals surface area contributed by atoms with Crippen LogP contribution in [-0.4, -0.2) is 33.8 Å². The summed E-state index contributed by atoms with van der Waals surface area (Å²) in [7, 11) is 0.301. The van der Waals surface area contributed by atoms with E-state index in [1.165, 1.54) is 17.1 Å². The van der Waals surface area contributed by atoms with Crippen molar-refractivity contribution in [1.82, 2.24) is 5.01 Å². The molecule has 0 bridgehead atoms. The van der Waals surface area contributed by atoms with Crippen molar-refractivity contribution in [2.45, 2.75) is 4.90 Å². The molecule has 2 N–H and O–H groups in total. The molecule has 128 valence electrons. The zero-order valence-corrected chi connectivity index (χ0v) is 14.6. The Morgan fingerprint density at radius 3 is 2.08 bits per heavy atom. The van der Waals surface area contributed by atoms with Crippen LogP contribution in [0.3, 0.4) is 0 Å². The molecule has 0 amide bonds. The number of hydrogen-bond donors (Lipinski definition) is 1. The van der Waals surface area contributed by atoms with Crippen LogP contribution < -0.4 is 5.84 Å². The van der Waals surface area contributed by atoms with Gasteiger partial charge < -0.3 is 5.84 Å². The minimum Gasteiger partial charge on any atom is -0.305 e. The first-order valence-electron chi connectivity index (χ1n) is 6.88. The van der Waals surface area contributed by atoms with E-state index in [0.717, 1.165) is 11.9 Å². The summed E-state index contributed by atoms with van der Waals surface area (Å²) in [4.78, 5) is 0.248. The van der Waals surface area contributed by atoms with E-state index in [-0.39, 0.29) is 4.90 Å². The second kappa shape index (κ2) is 9.36. The van der Waals surface area contributed by atoms with Crippen LogP contribution in [0.4, 0.5) is 11.4 Å². The zero-order valence-electron chi connectivity index (χ0n) is 13.7. The van der Waals surface area contributed by atoms with Gasteiger partial charge in [-0.2, -0.15) is 0 Å². The van der Waals surface area contributed by atoms with Crippen molar-refractivity contribution in [2.24, 2.45) is 26.5 Å². The number of benzene rings is 2. The summed E-state index contributed by atoms with van der Waals surface area (Å²) in [5, 5.41) is 15.9. The molecular formula is C15H20N6O2S. The molecule has 0 radical (unpaired) electrons. The number of nitrogens with zero attached hydrogens (tertiary/aromatic N) is 5. The fourth-order valence-corrected chi connectivity index (χ4v) is 2.14. The number of rotatable bonds is 4. The first-order chi connectivity index (χ1) is 11.3. The van der Waals surface area contributed by atoms with Gasteiger partial charge in [-0.1, -0.05) is 34.7 Å².